The largest absolute Gasteiger partial charge is 0.497 e. The number of carbonyl (C=O) groups is 1. The monoisotopic (exact) mass is 423 g/mol. The summed E-state index contributed by atoms with van der Waals surface area (Å²) in [4.78, 5) is 19.4. The van der Waals surface area contributed by atoms with Crippen molar-refractivity contribution < 1.29 is 23.5 Å². The quantitative estimate of drug-likeness (QED) is 0.747. The molecule has 3 unspecified atom stereocenters. The third-order valence-electron chi connectivity index (χ3n) is 6.02. The van der Waals surface area contributed by atoms with E-state index < -0.39 is 6.10 Å². The molecular formula is C23H25N3O5. The van der Waals surface area contributed by atoms with Gasteiger partial charge >= 0.3 is 0 Å². The van der Waals surface area contributed by atoms with E-state index in [1.165, 1.54) is 0 Å². The number of benzene rings is 1. The Morgan fingerprint density at radius 2 is 1.84 bits per heavy atom. The van der Waals surface area contributed by atoms with E-state index >= 15 is 0 Å². The molecule has 2 aromatic rings. The fraction of sp³-hybridized carbons (Fsp3) is 0.435. The Labute approximate surface area is 180 Å². The SMILES string of the molecule is COc1ccc(-c2noc(C3CCN(C(=O)C4COC5C=CC=CC5O4)CC3)n2)cc1. The minimum Gasteiger partial charge on any atom is -0.497 e. The summed E-state index contributed by atoms with van der Waals surface area (Å²) < 4.78 is 22.5. The molecule has 162 valence electrons. The number of piperidine rings is 1. The van der Waals surface area contributed by atoms with Crippen LogP contribution in [0.5, 0.6) is 5.75 Å². The lowest BCUT2D eigenvalue weighted by molar-refractivity contribution is -0.177. The maximum absolute atomic E-state index is 12.9. The van der Waals surface area contributed by atoms with Crippen LogP contribution in [-0.2, 0) is 14.3 Å². The number of methoxy groups -OCH3 is 1. The summed E-state index contributed by atoms with van der Waals surface area (Å²) in [6.45, 7) is 1.55. The van der Waals surface area contributed by atoms with Crippen LogP contribution in [0, 0.1) is 0 Å². The van der Waals surface area contributed by atoms with Crippen molar-refractivity contribution in [2.45, 2.75) is 37.1 Å². The summed E-state index contributed by atoms with van der Waals surface area (Å²) in [5.41, 5.74) is 0.878. The molecule has 0 N–H and O–H groups in total. The Morgan fingerprint density at radius 1 is 1.10 bits per heavy atom. The molecule has 1 aliphatic carbocycles. The van der Waals surface area contributed by atoms with Gasteiger partial charge in [0.2, 0.25) is 11.7 Å². The molecular weight excluding hydrogens is 398 g/mol. The number of allylic oxidation sites excluding steroid dienone is 2. The first-order chi connectivity index (χ1) is 15.2. The summed E-state index contributed by atoms with van der Waals surface area (Å²) >= 11 is 0. The van der Waals surface area contributed by atoms with Crippen LogP contribution in [0.2, 0.25) is 0 Å². The lowest BCUT2D eigenvalue weighted by Crippen LogP contribution is -2.52. The molecule has 0 bridgehead atoms. The zero-order chi connectivity index (χ0) is 21.2. The zero-order valence-electron chi connectivity index (χ0n) is 17.3. The van der Waals surface area contributed by atoms with Crippen molar-refractivity contribution in [3.8, 4) is 17.1 Å². The standard InChI is InChI=1S/C23H25N3O5/c1-28-17-8-6-15(7-9-17)21-24-22(31-25-21)16-10-12-26(13-11-16)23(27)20-14-29-18-4-2-3-5-19(18)30-20/h2-9,16,18-20H,10-14H2,1H3. The number of carbonyl (C=O) groups excluding carboxylic acids is 1. The molecule has 1 aromatic carbocycles. The first-order valence-electron chi connectivity index (χ1n) is 10.6. The highest BCUT2D eigenvalue weighted by Gasteiger charge is 2.37. The molecule has 1 amide bonds. The second-order valence-electron chi connectivity index (χ2n) is 7.94. The van der Waals surface area contributed by atoms with Gasteiger partial charge in [-0.25, -0.2) is 0 Å². The summed E-state index contributed by atoms with van der Waals surface area (Å²) in [6.07, 6.45) is 8.46. The average molecular weight is 423 g/mol. The van der Waals surface area contributed by atoms with E-state index in [9.17, 15) is 4.79 Å². The number of hydrogen-bond acceptors (Lipinski definition) is 7. The summed E-state index contributed by atoms with van der Waals surface area (Å²) in [6, 6.07) is 7.55. The Morgan fingerprint density at radius 3 is 2.58 bits per heavy atom. The highest BCUT2D eigenvalue weighted by Crippen LogP contribution is 2.30. The van der Waals surface area contributed by atoms with E-state index in [0.29, 0.717) is 24.8 Å². The number of likely N-dealkylation sites (tertiary alicyclic amines) is 1. The van der Waals surface area contributed by atoms with Crippen molar-refractivity contribution in [3.63, 3.8) is 0 Å². The number of amides is 1. The van der Waals surface area contributed by atoms with Crippen LogP contribution in [0.1, 0.15) is 24.7 Å². The highest BCUT2D eigenvalue weighted by atomic mass is 16.6. The Kier molecular flexibility index (Phi) is 5.57. The van der Waals surface area contributed by atoms with Crippen molar-refractivity contribution in [1.82, 2.24) is 15.0 Å². The van der Waals surface area contributed by atoms with Crippen molar-refractivity contribution in [1.29, 1.82) is 0 Å². The molecule has 8 nitrogen and oxygen atoms in total. The number of nitrogens with zero attached hydrogens (tertiary/aromatic N) is 3. The average Bonchev–Trinajstić information content (AvgIpc) is 3.34. The van der Waals surface area contributed by atoms with Crippen molar-refractivity contribution in [3.05, 3.63) is 54.5 Å². The molecule has 2 fully saturated rings. The predicted octanol–water partition coefficient (Wildman–Crippen LogP) is 2.73. The van der Waals surface area contributed by atoms with Gasteiger partial charge in [-0.1, -0.05) is 29.5 Å². The van der Waals surface area contributed by atoms with Gasteiger partial charge in [0.25, 0.3) is 5.91 Å². The van der Waals surface area contributed by atoms with Crippen LogP contribution in [0.25, 0.3) is 11.4 Å². The first kappa shape index (κ1) is 20.0. The van der Waals surface area contributed by atoms with E-state index in [0.717, 1.165) is 24.2 Å². The van der Waals surface area contributed by atoms with Gasteiger partial charge in [-0.05, 0) is 37.1 Å². The first-order valence-corrected chi connectivity index (χ1v) is 10.6. The molecule has 0 saturated carbocycles. The fourth-order valence-electron chi connectivity index (χ4n) is 4.21. The maximum atomic E-state index is 12.9. The molecule has 8 heteroatoms. The highest BCUT2D eigenvalue weighted by molar-refractivity contribution is 5.81. The maximum Gasteiger partial charge on any atom is 0.254 e. The minimum absolute atomic E-state index is 0.00990. The van der Waals surface area contributed by atoms with E-state index in [2.05, 4.69) is 10.1 Å². The molecule has 5 rings (SSSR count). The Bertz CT molecular complexity index is 975. The van der Waals surface area contributed by atoms with Gasteiger partial charge in [-0.3, -0.25) is 4.79 Å². The minimum atomic E-state index is -0.556. The zero-order valence-corrected chi connectivity index (χ0v) is 17.3. The normalized spacial score (nSPS) is 26.0. The molecule has 2 aliphatic heterocycles. The molecule has 3 heterocycles. The van der Waals surface area contributed by atoms with Gasteiger partial charge in [0, 0.05) is 24.6 Å². The molecule has 0 spiro atoms. The van der Waals surface area contributed by atoms with Crippen LogP contribution in [0.3, 0.4) is 0 Å². The van der Waals surface area contributed by atoms with Gasteiger partial charge in [0.15, 0.2) is 6.10 Å². The third-order valence-corrected chi connectivity index (χ3v) is 6.02. The Hall–Kier alpha value is -2.97. The molecule has 3 atom stereocenters. The molecule has 1 aromatic heterocycles. The third kappa shape index (κ3) is 4.13. The van der Waals surface area contributed by atoms with Crippen molar-refractivity contribution in [2.75, 3.05) is 26.8 Å². The summed E-state index contributed by atoms with van der Waals surface area (Å²) in [7, 11) is 1.63. The molecule has 0 radical (unpaired) electrons. The van der Waals surface area contributed by atoms with Gasteiger partial charge in [-0.15, -0.1) is 0 Å². The number of aromatic nitrogens is 2. The Balaban J connectivity index is 1.17. The molecule has 31 heavy (non-hydrogen) atoms. The lowest BCUT2D eigenvalue weighted by Gasteiger charge is -2.38. The van der Waals surface area contributed by atoms with E-state index in [1.807, 2.05) is 53.5 Å². The van der Waals surface area contributed by atoms with Crippen molar-refractivity contribution in [2.24, 2.45) is 0 Å². The van der Waals surface area contributed by atoms with Gasteiger partial charge in [-0.2, -0.15) is 4.98 Å². The molecule has 2 saturated heterocycles. The fourth-order valence-corrected chi connectivity index (χ4v) is 4.21. The van der Waals surface area contributed by atoms with Crippen LogP contribution in [0.4, 0.5) is 0 Å². The van der Waals surface area contributed by atoms with Crippen molar-refractivity contribution >= 4 is 5.91 Å². The summed E-state index contributed by atoms with van der Waals surface area (Å²) in [5.74, 6) is 2.10. The lowest BCUT2D eigenvalue weighted by atomic mass is 9.96. The summed E-state index contributed by atoms with van der Waals surface area (Å²) in [5, 5.41) is 4.13. The number of fused-ring (bicyclic) bond motifs is 1. The smallest absolute Gasteiger partial charge is 0.254 e. The van der Waals surface area contributed by atoms with E-state index in [4.69, 9.17) is 18.7 Å². The van der Waals surface area contributed by atoms with Crippen LogP contribution in [0.15, 0.2) is 53.1 Å². The van der Waals surface area contributed by atoms with Gasteiger partial charge in [0.1, 0.15) is 18.0 Å². The number of ether oxygens (including phenoxy) is 3. The predicted molar refractivity (Wildman–Crippen MR) is 112 cm³/mol. The topological polar surface area (TPSA) is 86.9 Å². The van der Waals surface area contributed by atoms with Crippen LogP contribution >= 0.6 is 0 Å². The van der Waals surface area contributed by atoms with Crippen LogP contribution < -0.4 is 4.74 Å². The van der Waals surface area contributed by atoms with Gasteiger partial charge < -0.3 is 23.6 Å². The molecule has 3 aliphatic rings. The van der Waals surface area contributed by atoms with E-state index in [-0.39, 0.29) is 30.6 Å². The second-order valence-corrected chi connectivity index (χ2v) is 7.94. The number of hydrogen-bond donors (Lipinski definition) is 0. The van der Waals surface area contributed by atoms with E-state index in [1.54, 1.807) is 7.11 Å². The second kappa shape index (κ2) is 8.64. The van der Waals surface area contributed by atoms with Gasteiger partial charge in [0.05, 0.1) is 13.7 Å². The number of rotatable bonds is 4. The van der Waals surface area contributed by atoms with Crippen LogP contribution in [-0.4, -0.2) is 66.1 Å².